The van der Waals surface area contributed by atoms with Crippen molar-refractivity contribution in [3.8, 4) is 28.5 Å². The van der Waals surface area contributed by atoms with Gasteiger partial charge in [0.15, 0.2) is 0 Å². The first-order chi connectivity index (χ1) is 13.1. The van der Waals surface area contributed by atoms with Crippen molar-refractivity contribution in [1.82, 2.24) is 19.7 Å². The molecule has 0 atom stereocenters. The molecule has 3 aromatic rings. The molecule has 0 radical (unpaired) electrons. The molecule has 0 aliphatic carbocycles. The highest BCUT2D eigenvalue weighted by molar-refractivity contribution is 5.99. The highest BCUT2D eigenvalue weighted by atomic mass is 16.2. The fourth-order valence-electron chi connectivity index (χ4n) is 3.39. The van der Waals surface area contributed by atoms with Crippen LogP contribution in [0.15, 0.2) is 42.7 Å². The Balaban J connectivity index is 1.78. The smallest absolute Gasteiger partial charge is 0.254 e. The van der Waals surface area contributed by atoms with Crippen LogP contribution in [0.2, 0.25) is 0 Å². The predicted molar refractivity (Wildman–Crippen MR) is 102 cm³/mol. The lowest BCUT2D eigenvalue weighted by molar-refractivity contribution is 0.0816. The van der Waals surface area contributed by atoms with E-state index in [0.29, 0.717) is 19.5 Å². The maximum absolute atomic E-state index is 12.4. The van der Waals surface area contributed by atoms with Gasteiger partial charge in [0, 0.05) is 47.7 Å². The van der Waals surface area contributed by atoms with E-state index >= 15 is 0 Å². The van der Waals surface area contributed by atoms with E-state index < -0.39 is 0 Å². The van der Waals surface area contributed by atoms with Crippen LogP contribution >= 0.6 is 0 Å². The van der Waals surface area contributed by atoms with Gasteiger partial charge in [-0.1, -0.05) is 18.2 Å². The Labute approximate surface area is 157 Å². The van der Waals surface area contributed by atoms with Crippen LogP contribution < -0.4 is 0 Å². The lowest BCUT2D eigenvalue weighted by atomic mass is 9.98. The van der Waals surface area contributed by atoms with Gasteiger partial charge in [-0.15, -0.1) is 0 Å². The number of fused-ring (bicyclic) bond motifs is 1. The van der Waals surface area contributed by atoms with Gasteiger partial charge in [-0.3, -0.25) is 14.5 Å². The molecular formula is C21H19N5O. The van der Waals surface area contributed by atoms with E-state index in [2.05, 4.69) is 11.2 Å². The van der Waals surface area contributed by atoms with E-state index in [9.17, 15) is 4.79 Å². The number of amides is 1. The fourth-order valence-corrected chi connectivity index (χ4v) is 3.39. The van der Waals surface area contributed by atoms with Gasteiger partial charge in [0.05, 0.1) is 30.9 Å². The summed E-state index contributed by atoms with van der Waals surface area (Å²) in [6, 6.07) is 12.1. The van der Waals surface area contributed by atoms with Gasteiger partial charge < -0.3 is 4.90 Å². The normalized spacial score (nSPS) is 12.9. The summed E-state index contributed by atoms with van der Waals surface area (Å²) in [5, 5.41) is 13.1. The highest BCUT2D eigenvalue weighted by Crippen LogP contribution is 2.33. The Morgan fingerprint density at radius 2 is 2.04 bits per heavy atom. The molecule has 0 fully saturated rings. The third-order valence-corrected chi connectivity index (χ3v) is 4.80. The number of nitriles is 1. The average Bonchev–Trinajstić information content (AvgIpc) is 3.25. The molecule has 6 nitrogen and oxygen atoms in total. The number of rotatable bonds is 4. The topological polar surface area (TPSA) is 74.8 Å². The summed E-state index contributed by atoms with van der Waals surface area (Å²) in [6.45, 7) is 3.16. The first-order valence-corrected chi connectivity index (χ1v) is 8.83. The molecule has 1 aromatic carbocycles. The third kappa shape index (κ3) is 3.08. The molecule has 3 heterocycles. The van der Waals surface area contributed by atoms with Crippen molar-refractivity contribution in [2.24, 2.45) is 0 Å². The van der Waals surface area contributed by atoms with Gasteiger partial charge in [0.1, 0.15) is 0 Å². The van der Waals surface area contributed by atoms with Crippen LogP contribution in [-0.4, -0.2) is 32.6 Å². The number of benzene rings is 1. The predicted octanol–water partition coefficient (Wildman–Crippen LogP) is 3.42. The minimum Gasteiger partial charge on any atom is -0.337 e. The Hall–Kier alpha value is -3.46. The number of carbonyl (C=O) groups is 1. The summed E-state index contributed by atoms with van der Waals surface area (Å²) in [4.78, 5) is 18.8. The Bertz CT molecular complexity index is 1080. The summed E-state index contributed by atoms with van der Waals surface area (Å²) in [7, 11) is 1.81. The maximum atomic E-state index is 12.4. The molecular weight excluding hydrogens is 338 g/mol. The number of pyridine rings is 1. The minimum atomic E-state index is 0.0466. The molecule has 0 unspecified atom stereocenters. The van der Waals surface area contributed by atoms with Crippen LogP contribution in [0.5, 0.6) is 0 Å². The van der Waals surface area contributed by atoms with Crippen molar-refractivity contribution in [2.75, 3.05) is 7.05 Å². The Morgan fingerprint density at radius 1 is 1.19 bits per heavy atom. The van der Waals surface area contributed by atoms with Crippen LogP contribution in [-0.2, 0) is 13.1 Å². The SMILES string of the molecule is Cc1ccc(-c2cnn(CCC#N)c2)c(-c2ccc3c(c2)C(=O)N(C)C3)n1. The van der Waals surface area contributed by atoms with Crippen LogP contribution in [0.4, 0.5) is 0 Å². The second-order valence-corrected chi connectivity index (χ2v) is 6.78. The van der Waals surface area contributed by atoms with E-state index in [-0.39, 0.29) is 5.91 Å². The van der Waals surface area contributed by atoms with Gasteiger partial charge >= 0.3 is 0 Å². The van der Waals surface area contributed by atoms with E-state index in [1.54, 1.807) is 15.8 Å². The summed E-state index contributed by atoms with van der Waals surface area (Å²) >= 11 is 0. The minimum absolute atomic E-state index is 0.0466. The molecule has 4 rings (SSSR count). The second kappa shape index (κ2) is 6.69. The first-order valence-electron chi connectivity index (χ1n) is 8.83. The van der Waals surface area contributed by atoms with Crippen molar-refractivity contribution >= 4 is 5.91 Å². The largest absolute Gasteiger partial charge is 0.337 e. The fraction of sp³-hybridized carbons (Fsp3) is 0.238. The maximum Gasteiger partial charge on any atom is 0.254 e. The molecule has 1 aliphatic heterocycles. The number of aromatic nitrogens is 3. The quantitative estimate of drug-likeness (QED) is 0.717. The zero-order valence-corrected chi connectivity index (χ0v) is 15.3. The Kier molecular flexibility index (Phi) is 4.21. The molecule has 0 saturated carbocycles. The van der Waals surface area contributed by atoms with Gasteiger partial charge in [-0.2, -0.15) is 10.4 Å². The van der Waals surface area contributed by atoms with Crippen molar-refractivity contribution in [1.29, 1.82) is 5.26 Å². The number of aryl methyl sites for hydroxylation is 2. The van der Waals surface area contributed by atoms with E-state index in [1.165, 1.54) is 0 Å². The van der Waals surface area contributed by atoms with E-state index in [4.69, 9.17) is 10.2 Å². The second-order valence-electron chi connectivity index (χ2n) is 6.78. The first kappa shape index (κ1) is 17.0. The number of hydrogen-bond acceptors (Lipinski definition) is 4. The van der Waals surface area contributed by atoms with Crippen molar-refractivity contribution in [3.05, 3.63) is 59.5 Å². The Morgan fingerprint density at radius 3 is 2.85 bits per heavy atom. The number of hydrogen-bond donors (Lipinski definition) is 0. The van der Waals surface area contributed by atoms with Crippen molar-refractivity contribution < 1.29 is 4.79 Å². The van der Waals surface area contributed by atoms with Gasteiger partial charge in [-0.05, 0) is 24.6 Å². The highest BCUT2D eigenvalue weighted by Gasteiger charge is 2.25. The van der Waals surface area contributed by atoms with Crippen molar-refractivity contribution in [2.45, 2.75) is 26.4 Å². The van der Waals surface area contributed by atoms with Gasteiger partial charge in [0.2, 0.25) is 0 Å². The van der Waals surface area contributed by atoms with Gasteiger partial charge in [-0.25, -0.2) is 0 Å². The van der Waals surface area contributed by atoms with Crippen LogP contribution in [0, 0.1) is 18.3 Å². The monoisotopic (exact) mass is 357 g/mol. The lowest BCUT2D eigenvalue weighted by Gasteiger charge is -2.10. The molecule has 1 aliphatic rings. The molecule has 1 amide bonds. The number of carbonyl (C=O) groups excluding carboxylic acids is 1. The van der Waals surface area contributed by atoms with E-state index in [1.807, 2.05) is 50.5 Å². The summed E-state index contributed by atoms with van der Waals surface area (Å²) in [5.41, 5.74) is 6.36. The zero-order valence-electron chi connectivity index (χ0n) is 15.3. The average molecular weight is 357 g/mol. The summed E-state index contributed by atoms with van der Waals surface area (Å²) in [6.07, 6.45) is 4.14. The molecule has 2 aromatic heterocycles. The zero-order chi connectivity index (χ0) is 19.0. The molecule has 134 valence electrons. The number of nitrogens with zero attached hydrogens (tertiary/aromatic N) is 5. The molecule has 6 heteroatoms. The molecule has 0 spiro atoms. The summed E-state index contributed by atoms with van der Waals surface area (Å²) in [5.74, 6) is 0.0466. The van der Waals surface area contributed by atoms with E-state index in [0.717, 1.165) is 39.2 Å². The molecule has 0 saturated heterocycles. The standard InChI is InChI=1S/C21H19N5O/c1-14-4-7-18(17-11-23-26(13-17)9-3-8-22)20(24-14)15-5-6-16-12-25(2)21(27)19(16)10-15/h4-7,10-11,13H,3,9,12H2,1-2H3. The third-order valence-electron chi connectivity index (χ3n) is 4.80. The molecule has 0 N–H and O–H groups in total. The van der Waals surface area contributed by atoms with Crippen LogP contribution in [0.1, 0.15) is 28.0 Å². The van der Waals surface area contributed by atoms with Gasteiger partial charge in [0.25, 0.3) is 5.91 Å². The van der Waals surface area contributed by atoms with Crippen LogP contribution in [0.3, 0.4) is 0 Å². The van der Waals surface area contributed by atoms with Crippen LogP contribution in [0.25, 0.3) is 22.4 Å². The molecule has 27 heavy (non-hydrogen) atoms. The van der Waals surface area contributed by atoms with Crippen molar-refractivity contribution in [3.63, 3.8) is 0 Å². The summed E-state index contributed by atoms with van der Waals surface area (Å²) < 4.78 is 1.77. The lowest BCUT2D eigenvalue weighted by Crippen LogP contribution is -2.17. The molecule has 0 bridgehead atoms.